The van der Waals surface area contributed by atoms with Gasteiger partial charge in [-0.3, -0.25) is 0 Å². The first-order valence-corrected chi connectivity index (χ1v) is 9.35. The van der Waals surface area contributed by atoms with Gasteiger partial charge in [0.15, 0.2) is 0 Å². The van der Waals surface area contributed by atoms with Gasteiger partial charge < -0.3 is 9.84 Å². The minimum Gasteiger partial charge on any atom is -0.496 e. The Balaban J connectivity index is 2.05. The second kappa shape index (κ2) is 6.79. The second-order valence-corrected chi connectivity index (χ2v) is 7.78. The van der Waals surface area contributed by atoms with Crippen molar-refractivity contribution < 1.29 is 18.3 Å². The molecule has 126 valence electrons. The number of sulfone groups is 1. The summed E-state index contributed by atoms with van der Waals surface area (Å²) >= 11 is 0. The molecule has 0 saturated heterocycles. The second-order valence-electron chi connectivity index (χ2n) is 5.83. The molecule has 0 spiro atoms. The molecule has 0 radical (unpaired) electrons. The summed E-state index contributed by atoms with van der Waals surface area (Å²) < 4.78 is 31.1. The largest absolute Gasteiger partial charge is 0.496 e. The van der Waals surface area contributed by atoms with Crippen LogP contribution in [0.1, 0.15) is 24.3 Å². The van der Waals surface area contributed by atoms with Crippen molar-refractivity contribution in [3.8, 4) is 5.75 Å². The van der Waals surface area contributed by atoms with Crippen LogP contribution in [0.25, 0.3) is 0 Å². The van der Waals surface area contributed by atoms with Gasteiger partial charge in [0.2, 0.25) is 9.84 Å². The fourth-order valence-electron chi connectivity index (χ4n) is 3.09. The Bertz CT molecular complexity index is 841. The summed E-state index contributed by atoms with van der Waals surface area (Å²) in [6.07, 6.45) is 1.78. The van der Waals surface area contributed by atoms with Crippen LogP contribution in [0.15, 0.2) is 70.5 Å². The Morgan fingerprint density at radius 3 is 2.38 bits per heavy atom. The maximum absolute atomic E-state index is 12.9. The first-order valence-electron chi connectivity index (χ1n) is 7.87. The van der Waals surface area contributed by atoms with Crippen molar-refractivity contribution in [1.82, 2.24) is 0 Å². The van der Waals surface area contributed by atoms with Crippen molar-refractivity contribution in [2.24, 2.45) is 0 Å². The van der Waals surface area contributed by atoms with Crippen molar-refractivity contribution in [2.45, 2.75) is 29.8 Å². The minimum absolute atomic E-state index is 0.0795. The lowest BCUT2D eigenvalue weighted by Gasteiger charge is -2.26. The van der Waals surface area contributed by atoms with Crippen molar-refractivity contribution >= 4 is 9.84 Å². The summed E-state index contributed by atoms with van der Waals surface area (Å²) in [6.45, 7) is 0. The van der Waals surface area contributed by atoms with Gasteiger partial charge in [0.05, 0.1) is 23.0 Å². The monoisotopic (exact) mass is 344 g/mol. The van der Waals surface area contributed by atoms with E-state index in [0.717, 1.165) is 11.3 Å². The number of hydrogen-bond donors (Lipinski definition) is 1. The number of aliphatic hydroxyl groups excluding tert-OH is 1. The van der Waals surface area contributed by atoms with Crippen molar-refractivity contribution in [1.29, 1.82) is 0 Å². The van der Waals surface area contributed by atoms with Crippen LogP contribution in [0.5, 0.6) is 5.75 Å². The van der Waals surface area contributed by atoms with E-state index in [1.54, 1.807) is 43.5 Å². The Hall–Kier alpha value is -2.11. The number of ether oxygens (including phenoxy) is 1. The van der Waals surface area contributed by atoms with Gasteiger partial charge >= 0.3 is 0 Å². The van der Waals surface area contributed by atoms with Crippen LogP contribution < -0.4 is 4.74 Å². The predicted molar refractivity (Wildman–Crippen MR) is 92.7 cm³/mol. The van der Waals surface area contributed by atoms with Crippen LogP contribution in [-0.2, 0) is 9.84 Å². The summed E-state index contributed by atoms with van der Waals surface area (Å²) in [7, 11) is -2.10. The zero-order chi connectivity index (χ0) is 17.2. The summed E-state index contributed by atoms with van der Waals surface area (Å²) in [5, 5.41) is 10.3. The lowest BCUT2D eigenvalue weighted by molar-refractivity contribution is 0.195. The summed E-state index contributed by atoms with van der Waals surface area (Å²) in [5.74, 6) is 0.629. The van der Waals surface area contributed by atoms with Crippen molar-refractivity contribution in [3.05, 3.63) is 71.1 Å². The highest BCUT2D eigenvalue weighted by molar-refractivity contribution is 7.95. The van der Waals surface area contributed by atoms with Gasteiger partial charge in [-0.05, 0) is 31.0 Å². The van der Waals surface area contributed by atoms with E-state index in [9.17, 15) is 13.5 Å². The SMILES string of the molecule is COc1ccccc1[C@@H]1C=C(S(=O)(=O)c2ccccc2)[C@@H](O)CC1. The molecule has 0 bridgehead atoms. The molecule has 2 atom stereocenters. The Morgan fingerprint density at radius 1 is 1.00 bits per heavy atom. The van der Waals surface area contributed by atoms with E-state index >= 15 is 0 Å². The Morgan fingerprint density at radius 2 is 1.67 bits per heavy atom. The average Bonchev–Trinajstić information content (AvgIpc) is 2.62. The van der Waals surface area contributed by atoms with Crippen LogP contribution in [0.3, 0.4) is 0 Å². The first-order chi connectivity index (χ1) is 11.5. The van der Waals surface area contributed by atoms with E-state index in [0.29, 0.717) is 12.8 Å². The molecule has 0 aliphatic heterocycles. The zero-order valence-corrected chi connectivity index (χ0v) is 14.2. The fourth-order valence-corrected chi connectivity index (χ4v) is 4.70. The van der Waals surface area contributed by atoms with Crippen LogP contribution in [0.4, 0.5) is 0 Å². The minimum atomic E-state index is -3.70. The van der Waals surface area contributed by atoms with Gasteiger partial charge in [-0.1, -0.05) is 42.5 Å². The maximum Gasteiger partial charge on any atom is 0.205 e. The molecule has 0 unspecified atom stereocenters. The molecule has 0 fully saturated rings. The lowest BCUT2D eigenvalue weighted by atomic mass is 9.87. The number of hydrogen-bond acceptors (Lipinski definition) is 4. The van der Waals surface area contributed by atoms with E-state index in [-0.39, 0.29) is 15.7 Å². The van der Waals surface area contributed by atoms with E-state index in [2.05, 4.69) is 0 Å². The van der Waals surface area contributed by atoms with Crippen LogP contribution >= 0.6 is 0 Å². The molecule has 1 aliphatic rings. The molecule has 0 heterocycles. The summed E-state index contributed by atoms with van der Waals surface area (Å²) in [6, 6.07) is 15.8. The quantitative estimate of drug-likeness (QED) is 0.924. The zero-order valence-electron chi connectivity index (χ0n) is 13.4. The van der Waals surface area contributed by atoms with Gasteiger partial charge in [0, 0.05) is 11.5 Å². The lowest BCUT2D eigenvalue weighted by Crippen LogP contribution is -2.24. The standard InChI is InChI=1S/C19H20O4S/c1-23-18-10-6-5-9-16(18)14-11-12-17(20)19(13-14)24(21,22)15-7-3-2-4-8-15/h2-10,13-14,17,20H,11-12H2,1H3/t14-,17-/m0/s1. The predicted octanol–water partition coefficient (Wildman–Crippen LogP) is 3.29. The Kier molecular flexibility index (Phi) is 4.73. The molecular formula is C19H20O4S. The van der Waals surface area contributed by atoms with Crippen LogP contribution in [0.2, 0.25) is 0 Å². The van der Waals surface area contributed by atoms with E-state index in [1.165, 1.54) is 0 Å². The molecule has 2 aromatic carbocycles. The van der Waals surface area contributed by atoms with E-state index in [4.69, 9.17) is 4.74 Å². The third-order valence-corrected chi connectivity index (χ3v) is 6.27. The van der Waals surface area contributed by atoms with Crippen molar-refractivity contribution in [2.75, 3.05) is 7.11 Å². The Labute approximate surface area is 142 Å². The van der Waals surface area contributed by atoms with E-state index < -0.39 is 15.9 Å². The highest BCUT2D eigenvalue weighted by Crippen LogP contribution is 2.38. The third-order valence-electron chi connectivity index (χ3n) is 4.35. The average molecular weight is 344 g/mol. The first kappa shape index (κ1) is 16.7. The number of methoxy groups -OCH3 is 1. The van der Waals surface area contributed by atoms with Crippen LogP contribution in [-0.4, -0.2) is 26.7 Å². The smallest absolute Gasteiger partial charge is 0.205 e. The molecule has 4 nitrogen and oxygen atoms in total. The summed E-state index contributed by atoms with van der Waals surface area (Å²) in [4.78, 5) is 0.284. The molecule has 1 aliphatic carbocycles. The molecule has 5 heteroatoms. The summed E-state index contributed by atoms with van der Waals surface area (Å²) in [5.41, 5.74) is 0.938. The van der Waals surface area contributed by atoms with Crippen LogP contribution in [0, 0.1) is 0 Å². The topological polar surface area (TPSA) is 63.6 Å². The highest BCUT2D eigenvalue weighted by atomic mass is 32.2. The maximum atomic E-state index is 12.9. The molecule has 1 N–H and O–H groups in total. The highest BCUT2D eigenvalue weighted by Gasteiger charge is 2.32. The molecular weight excluding hydrogens is 324 g/mol. The van der Waals surface area contributed by atoms with Gasteiger partial charge in [0.25, 0.3) is 0 Å². The van der Waals surface area contributed by atoms with Crippen molar-refractivity contribution in [3.63, 3.8) is 0 Å². The number of rotatable bonds is 4. The van der Waals surface area contributed by atoms with Gasteiger partial charge in [-0.2, -0.15) is 0 Å². The number of aliphatic hydroxyl groups is 1. The van der Waals surface area contributed by atoms with Gasteiger partial charge in [-0.25, -0.2) is 8.42 Å². The van der Waals surface area contributed by atoms with Gasteiger partial charge in [0.1, 0.15) is 5.75 Å². The number of para-hydroxylation sites is 1. The van der Waals surface area contributed by atoms with E-state index in [1.807, 2.05) is 24.3 Å². The molecule has 24 heavy (non-hydrogen) atoms. The molecule has 2 aromatic rings. The molecule has 0 aromatic heterocycles. The molecule has 3 rings (SSSR count). The number of benzene rings is 2. The van der Waals surface area contributed by atoms with Gasteiger partial charge in [-0.15, -0.1) is 0 Å². The normalized spacial score (nSPS) is 21.2. The fraction of sp³-hybridized carbons (Fsp3) is 0.263. The molecule has 0 saturated carbocycles. The molecule has 0 amide bonds. The number of allylic oxidation sites excluding steroid dienone is 1. The third kappa shape index (κ3) is 3.09.